The van der Waals surface area contributed by atoms with Crippen molar-refractivity contribution in [3.8, 4) is 17.2 Å². The van der Waals surface area contributed by atoms with E-state index in [2.05, 4.69) is 72.2 Å². The zero-order chi connectivity index (χ0) is 31.9. The zero-order valence-electron chi connectivity index (χ0n) is 26.1. The van der Waals surface area contributed by atoms with E-state index in [4.69, 9.17) is 19.2 Å². The summed E-state index contributed by atoms with van der Waals surface area (Å²) in [6, 6.07) is 13.2. The highest BCUT2D eigenvalue weighted by atomic mass is 127. The number of ether oxygens (including phenoxy) is 3. The number of rotatable bonds is 8. The van der Waals surface area contributed by atoms with Crippen LogP contribution in [0.15, 0.2) is 63.5 Å². The van der Waals surface area contributed by atoms with Crippen molar-refractivity contribution in [2.24, 2.45) is 4.99 Å². The molecule has 2 aromatic carbocycles. The second kappa shape index (κ2) is 12.8. The van der Waals surface area contributed by atoms with Gasteiger partial charge in [0.1, 0.15) is 0 Å². The molecular weight excluding hydrogens is 689 g/mol. The molecule has 1 atom stereocenters. The highest BCUT2D eigenvalue weighted by Crippen LogP contribution is 2.36. The summed E-state index contributed by atoms with van der Waals surface area (Å²) < 4.78 is 22.5. The van der Waals surface area contributed by atoms with E-state index in [0.717, 1.165) is 22.6 Å². The number of carbonyl (C=O) groups excluding carboxylic acids is 1. The standard InChI is InChI=1S/C34H36IN3O5S/c1-9-42-33(40)30-21(6)36-34-38(31(30)23-10-13-27(43-18(2)3)28(16-23)41-8)32(39)29(44-34)17-24-15-20(5)37(22(24)7)25-11-12-26(35)19(4)14-25/h10-18,31H,9H2,1-8H3/b29-17+/t31-/m0/s1. The molecule has 0 aliphatic carbocycles. The third kappa shape index (κ3) is 5.89. The van der Waals surface area contributed by atoms with Gasteiger partial charge in [0.25, 0.3) is 5.56 Å². The molecule has 4 aromatic rings. The number of esters is 1. The Morgan fingerprint density at radius 3 is 2.50 bits per heavy atom. The van der Waals surface area contributed by atoms with Crippen LogP contribution in [-0.4, -0.2) is 34.9 Å². The topological polar surface area (TPSA) is 84.1 Å². The van der Waals surface area contributed by atoms with Crippen LogP contribution in [0.1, 0.15) is 61.8 Å². The SMILES string of the molecule is CCOC(=O)C1=C(C)N=c2s/c(=C/c3cc(C)n(-c4ccc(I)c(C)c4)c3C)c(=O)n2[C@H]1c1ccc(OC(C)C)c(OC)c1. The normalized spacial score (nSPS) is 15.0. The molecule has 0 amide bonds. The van der Waals surface area contributed by atoms with Gasteiger partial charge in [0.05, 0.1) is 41.7 Å². The van der Waals surface area contributed by atoms with Crippen molar-refractivity contribution < 1.29 is 19.0 Å². The number of methoxy groups -OCH3 is 1. The molecule has 0 saturated heterocycles. The van der Waals surface area contributed by atoms with Crippen molar-refractivity contribution >= 4 is 46.0 Å². The van der Waals surface area contributed by atoms with E-state index in [-0.39, 0.29) is 18.3 Å². The van der Waals surface area contributed by atoms with Crippen molar-refractivity contribution in [3.05, 3.63) is 105 Å². The Morgan fingerprint density at radius 1 is 1.09 bits per heavy atom. The highest BCUT2D eigenvalue weighted by Gasteiger charge is 2.34. The van der Waals surface area contributed by atoms with Gasteiger partial charge >= 0.3 is 5.97 Å². The lowest BCUT2D eigenvalue weighted by molar-refractivity contribution is -0.139. The monoisotopic (exact) mass is 725 g/mol. The number of halogens is 1. The second-order valence-corrected chi connectivity index (χ2v) is 13.1. The molecule has 1 aliphatic rings. The molecule has 0 unspecified atom stereocenters. The Balaban J connectivity index is 1.69. The van der Waals surface area contributed by atoms with Crippen LogP contribution in [0.4, 0.5) is 0 Å². The first-order valence-corrected chi connectivity index (χ1v) is 16.3. The number of carbonyl (C=O) groups is 1. The van der Waals surface area contributed by atoms with Gasteiger partial charge in [-0.15, -0.1) is 0 Å². The lowest BCUT2D eigenvalue weighted by Gasteiger charge is -2.25. The number of allylic oxidation sites excluding steroid dienone is 1. The van der Waals surface area contributed by atoms with Crippen LogP contribution in [0.3, 0.4) is 0 Å². The number of aromatic nitrogens is 2. The van der Waals surface area contributed by atoms with Crippen LogP contribution in [0.5, 0.6) is 11.5 Å². The fourth-order valence-corrected chi connectivity index (χ4v) is 6.93. The molecule has 2 aromatic heterocycles. The number of benzene rings is 2. The molecule has 0 spiro atoms. The molecule has 3 heterocycles. The van der Waals surface area contributed by atoms with E-state index in [1.165, 1.54) is 20.5 Å². The highest BCUT2D eigenvalue weighted by molar-refractivity contribution is 14.1. The smallest absolute Gasteiger partial charge is 0.338 e. The van der Waals surface area contributed by atoms with Gasteiger partial charge in [-0.1, -0.05) is 17.4 Å². The van der Waals surface area contributed by atoms with Gasteiger partial charge in [-0.2, -0.15) is 0 Å². The fourth-order valence-electron chi connectivity index (χ4n) is 5.55. The molecule has 10 heteroatoms. The number of thiazole rings is 1. The van der Waals surface area contributed by atoms with Crippen LogP contribution < -0.4 is 24.4 Å². The van der Waals surface area contributed by atoms with Gasteiger partial charge in [-0.25, -0.2) is 9.79 Å². The summed E-state index contributed by atoms with van der Waals surface area (Å²) >= 11 is 3.65. The number of hydrogen-bond acceptors (Lipinski definition) is 7. The number of nitrogens with zero attached hydrogens (tertiary/aromatic N) is 3. The first-order valence-electron chi connectivity index (χ1n) is 14.4. The van der Waals surface area contributed by atoms with Crippen LogP contribution >= 0.6 is 33.9 Å². The Morgan fingerprint density at radius 2 is 1.84 bits per heavy atom. The zero-order valence-corrected chi connectivity index (χ0v) is 29.1. The third-order valence-corrected chi connectivity index (χ3v) is 9.73. The molecule has 0 bridgehead atoms. The predicted octanol–water partition coefficient (Wildman–Crippen LogP) is 5.91. The minimum absolute atomic E-state index is 0.0544. The van der Waals surface area contributed by atoms with E-state index in [9.17, 15) is 9.59 Å². The molecular formula is C34H36IN3O5S. The van der Waals surface area contributed by atoms with Crippen LogP contribution in [-0.2, 0) is 9.53 Å². The summed E-state index contributed by atoms with van der Waals surface area (Å²) in [6.07, 6.45) is 1.87. The van der Waals surface area contributed by atoms with E-state index < -0.39 is 12.0 Å². The second-order valence-electron chi connectivity index (χ2n) is 11.0. The van der Waals surface area contributed by atoms with Gasteiger partial charge in [-0.05, 0) is 130 Å². The van der Waals surface area contributed by atoms with E-state index in [1.54, 1.807) is 25.5 Å². The average molecular weight is 726 g/mol. The quantitative estimate of drug-likeness (QED) is 0.167. The first-order chi connectivity index (χ1) is 20.9. The Bertz CT molecular complexity index is 1980. The minimum Gasteiger partial charge on any atom is -0.493 e. The fraction of sp³-hybridized carbons (Fsp3) is 0.324. The summed E-state index contributed by atoms with van der Waals surface area (Å²) in [4.78, 5) is 32.8. The summed E-state index contributed by atoms with van der Waals surface area (Å²) in [6.45, 7) is 13.8. The van der Waals surface area contributed by atoms with E-state index in [0.29, 0.717) is 37.7 Å². The van der Waals surface area contributed by atoms with Crippen molar-refractivity contribution in [2.45, 2.75) is 60.6 Å². The summed E-state index contributed by atoms with van der Waals surface area (Å²) in [5.41, 5.74) is 6.60. The Kier molecular flexibility index (Phi) is 9.22. The lowest BCUT2D eigenvalue weighted by Crippen LogP contribution is -2.40. The van der Waals surface area contributed by atoms with Gasteiger partial charge in [0.15, 0.2) is 16.3 Å². The van der Waals surface area contributed by atoms with E-state index in [1.807, 2.05) is 38.1 Å². The largest absolute Gasteiger partial charge is 0.493 e. The summed E-state index contributed by atoms with van der Waals surface area (Å²) in [7, 11) is 1.57. The number of hydrogen-bond donors (Lipinski definition) is 0. The average Bonchev–Trinajstić information content (AvgIpc) is 3.43. The van der Waals surface area contributed by atoms with Crippen molar-refractivity contribution in [2.75, 3.05) is 13.7 Å². The maximum Gasteiger partial charge on any atom is 0.338 e. The maximum absolute atomic E-state index is 14.2. The summed E-state index contributed by atoms with van der Waals surface area (Å²) in [5.74, 6) is 0.580. The molecule has 0 radical (unpaired) electrons. The first kappa shape index (κ1) is 31.8. The maximum atomic E-state index is 14.2. The Hall–Kier alpha value is -3.64. The third-order valence-electron chi connectivity index (χ3n) is 7.54. The predicted molar refractivity (Wildman–Crippen MR) is 182 cm³/mol. The van der Waals surface area contributed by atoms with Crippen LogP contribution in [0.2, 0.25) is 0 Å². The van der Waals surface area contributed by atoms with Crippen molar-refractivity contribution in [3.63, 3.8) is 0 Å². The summed E-state index contributed by atoms with van der Waals surface area (Å²) in [5, 5.41) is 0. The number of fused-ring (bicyclic) bond motifs is 1. The molecule has 5 rings (SSSR count). The van der Waals surface area contributed by atoms with Gasteiger partial charge in [-0.3, -0.25) is 9.36 Å². The van der Waals surface area contributed by atoms with Crippen LogP contribution in [0.25, 0.3) is 11.8 Å². The van der Waals surface area contributed by atoms with Gasteiger partial charge < -0.3 is 18.8 Å². The molecule has 0 saturated carbocycles. The van der Waals surface area contributed by atoms with Crippen LogP contribution in [0, 0.1) is 24.3 Å². The number of aryl methyl sites for hydroxylation is 2. The Labute approximate surface area is 274 Å². The lowest BCUT2D eigenvalue weighted by atomic mass is 9.95. The molecule has 1 aliphatic heterocycles. The van der Waals surface area contributed by atoms with Crippen molar-refractivity contribution in [1.29, 1.82) is 0 Å². The molecule has 8 nitrogen and oxygen atoms in total. The molecule has 0 fully saturated rings. The van der Waals surface area contributed by atoms with Gasteiger partial charge in [0, 0.05) is 20.6 Å². The van der Waals surface area contributed by atoms with Crippen molar-refractivity contribution in [1.82, 2.24) is 9.13 Å². The van der Waals surface area contributed by atoms with E-state index >= 15 is 0 Å². The minimum atomic E-state index is -0.753. The van der Waals surface area contributed by atoms with Gasteiger partial charge in [0.2, 0.25) is 0 Å². The molecule has 44 heavy (non-hydrogen) atoms. The molecule has 230 valence electrons. The molecule has 0 N–H and O–H groups in total.